The van der Waals surface area contributed by atoms with Gasteiger partial charge < -0.3 is 14.5 Å². The quantitative estimate of drug-likeness (QED) is 0.885. The number of hydrogen-bond donors (Lipinski definition) is 1. The third kappa shape index (κ3) is 3.98. The summed E-state index contributed by atoms with van der Waals surface area (Å²) in [4.78, 5) is 12.8. The lowest BCUT2D eigenvalue weighted by atomic mass is 10.1. The zero-order valence-electron chi connectivity index (χ0n) is 12.0. The number of carboxylic acid groups (broad SMARTS) is 1. The zero-order valence-corrected chi connectivity index (χ0v) is 12.7. The molecule has 0 aliphatic heterocycles. The van der Waals surface area contributed by atoms with E-state index in [1.54, 1.807) is 12.1 Å². The Hall–Kier alpha value is -2.01. The van der Waals surface area contributed by atoms with Gasteiger partial charge in [0.15, 0.2) is 0 Å². The topological polar surface area (TPSA) is 66.6 Å². The maximum Gasteiger partial charge on any atom is 0.305 e. The smallest absolute Gasteiger partial charge is 0.305 e. The number of aryl methyl sites for hydroxylation is 2. The van der Waals surface area contributed by atoms with Gasteiger partial charge in [-0.2, -0.15) is 0 Å². The molecule has 2 aromatic rings. The highest BCUT2D eigenvalue weighted by Gasteiger charge is 2.15. The summed E-state index contributed by atoms with van der Waals surface area (Å²) in [5.41, 5.74) is 2.72. The van der Waals surface area contributed by atoms with E-state index in [2.05, 4.69) is 5.16 Å². The average Bonchev–Trinajstić information content (AvgIpc) is 2.75. The first kappa shape index (κ1) is 15.4. The van der Waals surface area contributed by atoms with Crippen molar-refractivity contribution in [1.82, 2.24) is 5.16 Å². The Balaban J connectivity index is 2.23. The van der Waals surface area contributed by atoms with Crippen molar-refractivity contribution < 1.29 is 14.4 Å². The number of aromatic nitrogens is 1. The zero-order chi connectivity index (χ0) is 15.4. The third-order valence-electron chi connectivity index (χ3n) is 3.32. The molecule has 5 nitrogen and oxygen atoms in total. The SMILES string of the molecule is Cc1noc(C)c1CN(CCC(=O)O)c1ccc(Cl)cc1. The largest absolute Gasteiger partial charge is 0.481 e. The highest BCUT2D eigenvalue weighted by Crippen LogP contribution is 2.23. The van der Waals surface area contributed by atoms with Crippen LogP contribution in [-0.4, -0.2) is 22.8 Å². The van der Waals surface area contributed by atoms with E-state index in [0.29, 0.717) is 18.1 Å². The maximum atomic E-state index is 10.8. The number of rotatable bonds is 6. The van der Waals surface area contributed by atoms with E-state index in [-0.39, 0.29) is 6.42 Å². The van der Waals surface area contributed by atoms with Crippen LogP contribution in [0.2, 0.25) is 5.02 Å². The van der Waals surface area contributed by atoms with Crippen molar-refractivity contribution in [3.8, 4) is 0 Å². The van der Waals surface area contributed by atoms with E-state index in [1.165, 1.54) is 0 Å². The van der Waals surface area contributed by atoms with Crippen LogP contribution in [0.25, 0.3) is 0 Å². The molecule has 6 heteroatoms. The van der Waals surface area contributed by atoms with Crippen LogP contribution in [0.15, 0.2) is 28.8 Å². The number of benzene rings is 1. The standard InChI is InChI=1S/C15H17ClN2O3/c1-10-14(11(2)21-17-10)9-18(8-7-15(19)20)13-5-3-12(16)4-6-13/h3-6H,7-9H2,1-2H3,(H,19,20). The molecule has 21 heavy (non-hydrogen) atoms. The molecule has 112 valence electrons. The molecule has 0 aliphatic rings. The van der Waals surface area contributed by atoms with Crippen LogP contribution < -0.4 is 4.90 Å². The highest BCUT2D eigenvalue weighted by atomic mass is 35.5. The molecular weight excluding hydrogens is 292 g/mol. The number of anilines is 1. The molecule has 1 heterocycles. The summed E-state index contributed by atoms with van der Waals surface area (Å²) in [7, 11) is 0. The molecule has 0 atom stereocenters. The van der Waals surface area contributed by atoms with Crippen LogP contribution >= 0.6 is 11.6 Å². The third-order valence-corrected chi connectivity index (χ3v) is 3.57. The van der Waals surface area contributed by atoms with Gasteiger partial charge in [-0.1, -0.05) is 16.8 Å². The predicted octanol–water partition coefficient (Wildman–Crippen LogP) is 3.43. The lowest BCUT2D eigenvalue weighted by Crippen LogP contribution is -2.26. The highest BCUT2D eigenvalue weighted by molar-refractivity contribution is 6.30. The Morgan fingerprint density at radius 1 is 1.33 bits per heavy atom. The van der Waals surface area contributed by atoms with Crippen LogP contribution in [0, 0.1) is 13.8 Å². The molecule has 0 saturated heterocycles. The van der Waals surface area contributed by atoms with Gasteiger partial charge in [0.05, 0.1) is 12.1 Å². The monoisotopic (exact) mass is 308 g/mol. The number of aliphatic carboxylic acids is 1. The Morgan fingerprint density at radius 2 is 2.00 bits per heavy atom. The van der Waals surface area contributed by atoms with Crippen LogP contribution in [-0.2, 0) is 11.3 Å². The normalized spacial score (nSPS) is 10.6. The molecular formula is C15H17ClN2O3. The van der Waals surface area contributed by atoms with Gasteiger partial charge >= 0.3 is 5.97 Å². The number of carbonyl (C=O) groups is 1. The lowest BCUT2D eigenvalue weighted by molar-refractivity contribution is -0.136. The van der Waals surface area contributed by atoms with E-state index >= 15 is 0 Å². The Kier molecular flexibility index (Phi) is 4.85. The number of hydrogen-bond acceptors (Lipinski definition) is 4. The van der Waals surface area contributed by atoms with Gasteiger partial charge in [0.2, 0.25) is 0 Å². The van der Waals surface area contributed by atoms with Gasteiger partial charge in [0.25, 0.3) is 0 Å². The summed E-state index contributed by atoms with van der Waals surface area (Å²) in [6.45, 7) is 4.69. The summed E-state index contributed by atoms with van der Waals surface area (Å²) < 4.78 is 5.16. The fourth-order valence-electron chi connectivity index (χ4n) is 2.10. The van der Waals surface area contributed by atoms with Crippen molar-refractivity contribution >= 4 is 23.3 Å². The van der Waals surface area contributed by atoms with Crippen LogP contribution in [0.3, 0.4) is 0 Å². The van der Waals surface area contributed by atoms with E-state index in [1.807, 2.05) is 30.9 Å². The lowest BCUT2D eigenvalue weighted by Gasteiger charge is -2.24. The van der Waals surface area contributed by atoms with Crippen molar-refractivity contribution in [2.24, 2.45) is 0 Å². The first-order valence-electron chi connectivity index (χ1n) is 6.61. The number of carboxylic acids is 1. The van der Waals surface area contributed by atoms with Gasteiger partial charge in [-0.05, 0) is 38.1 Å². The summed E-state index contributed by atoms with van der Waals surface area (Å²) in [6, 6.07) is 7.33. The number of nitrogens with zero attached hydrogens (tertiary/aromatic N) is 2. The minimum absolute atomic E-state index is 0.0615. The van der Waals surface area contributed by atoms with Crippen molar-refractivity contribution in [3.05, 3.63) is 46.3 Å². The van der Waals surface area contributed by atoms with Crippen molar-refractivity contribution in [2.45, 2.75) is 26.8 Å². The van der Waals surface area contributed by atoms with Gasteiger partial charge in [-0.3, -0.25) is 4.79 Å². The molecule has 0 bridgehead atoms. The molecule has 1 aromatic carbocycles. The minimum Gasteiger partial charge on any atom is -0.481 e. The second kappa shape index (κ2) is 6.63. The maximum absolute atomic E-state index is 10.8. The van der Waals surface area contributed by atoms with Gasteiger partial charge in [-0.25, -0.2) is 0 Å². The Bertz CT molecular complexity index is 603. The molecule has 0 amide bonds. The summed E-state index contributed by atoms with van der Waals surface area (Å²) in [5.74, 6) is -0.0745. The van der Waals surface area contributed by atoms with E-state index < -0.39 is 5.97 Å². The molecule has 2 rings (SSSR count). The molecule has 0 saturated carbocycles. The first-order chi connectivity index (χ1) is 9.97. The predicted molar refractivity (Wildman–Crippen MR) is 80.7 cm³/mol. The molecule has 1 aromatic heterocycles. The Labute approximate surface area is 128 Å². The fourth-order valence-corrected chi connectivity index (χ4v) is 2.23. The van der Waals surface area contributed by atoms with Crippen LogP contribution in [0.1, 0.15) is 23.4 Å². The summed E-state index contributed by atoms with van der Waals surface area (Å²) >= 11 is 5.90. The molecule has 0 aliphatic carbocycles. The molecule has 0 radical (unpaired) electrons. The van der Waals surface area contributed by atoms with Gasteiger partial charge in [0.1, 0.15) is 5.76 Å². The summed E-state index contributed by atoms with van der Waals surface area (Å²) in [6.07, 6.45) is 0.0615. The van der Waals surface area contributed by atoms with E-state index in [9.17, 15) is 4.79 Å². The molecule has 0 spiro atoms. The average molecular weight is 309 g/mol. The van der Waals surface area contributed by atoms with Gasteiger partial charge in [0, 0.05) is 29.4 Å². The first-order valence-corrected chi connectivity index (χ1v) is 6.99. The molecule has 1 N–H and O–H groups in total. The van der Waals surface area contributed by atoms with E-state index in [4.69, 9.17) is 21.2 Å². The van der Waals surface area contributed by atoms with Crippen LogP contribution in [0.4, 0.5) is 5.69 Å². The number of halogens is 1. The van der Waals surface area contributed by atoms with Crippen LogP contribution in [0.5, 0.6) is 0 Å². The molecule has 0 fully saturated rings. The Morgan fingerprint density at radius 3 is 2.52 bits per heavy atom. The second-order valence-corrected chi connectivity index (χ2v) is 5.28. The summed E-state index contributed by atoms with van der Waals surface area (Å²) in [5, 5.41) is 13.5. The minimum atomic E-state index is -0.826. The van der Waals surface area contributed by atoms with Crippen molar-refractivity contribution in [1.29, 1.82) is 0 Å². The van der Waals surface area contributed by atoms with Crippen molar-refractivity contribution in [3.63, 3.8) is 0 Å². The van der Waals surface area contributed by atoms with E-state index in [0.717, 1.165) is 22.7 Å². The fraction of sp³-hybridized carbons (Fsp3) is 0.333. The molecule has 0 unspecified atom stereocenters. The van der Waals surface area contributed by atoms with Gasteiger partial charge in [-0.15, -0.1) is 0 Å². The van der Waals surface area contributed by atoms with Crippen molar-refractivity contribution in [2.75, 3.05) is 11.4 Å². The second-order valence-electron chi connectivity index (χ2n) is 4.84.